The standard InChI is InChI=1S/C20H18ClNO/c1-13-4-6-16(7-5-13)19-12-22(14(2)20(19)15(3)23)18-10-8-17(21)9-11-18/h4-12H,1-3H3. The van der Waals surface area contributed by atoms with Gasteiger partial charge in [-0.1, -0.05) is 41.4 Å². The van der Waals surface area contributed by atoms with E-state index in [1.165, 1.54) is 5.56 Å². The Hall–Kier alpha value is -2.32. The molecule has 0 atom stereocenters. The van der Waals surface area contributed by atoms with Crippen LogP contribution >= 0.6 is 11.6 Å². The molecule has 0 bridgehead atoms. The molecule has 3 heteroatoms. The Morgan fingerprint density at radius 2 is 1.57 bits per heavy atom. The first-order valence-electron chi connectivity index (χ1n) is 7.53. The first kappa shape index (κ1) is 15.6. The fraction of sp³-hybridized carbons (Fsp3) is 0.150. The Kier molecular flexibility index (Phi) is 4.10. The highest BCUT2D eigenvalue weighted by molar-refractivity contribution is 6.30. The summed E-state index contributed by atoms with van der Waals surface area (Å²) < 4.78 is 2.04. The smallest absolute Gasteiger partial charge is 0.162 e. The summed E-state index contributed by atoms with van der Waals surface area (Å²) >= 11 is 5.97. The SMILES string of the molecule is CC(=O)c1c(-c2ccc(C)cc2)cn(-c2ccc(Cl)cc2)c1C. The van der Waals surface area contributed by atoms with Crippen molar-refractivity contribution in [2.75, 3.05) is 0 Å². The van der Waals surface area contributed by atoms with Crippen LogP contribution < -0.4 is 0 Å². The summed E-state index contributed by atoms with van der Waals surface area (Å²) in [7, 11) is 0. The lowest BCUT2D eigenvalue weighted by molar-refractivity contribution is 0.101. The zero-order valence-corrected chi connectivity index (χ0v) is 14.2. The third-order valence-electron chi connectivity index (χ3n) is 4.07. The van der Waals surface area contributed by atoms with Crippen LogP contribution in [0.15, 0.2) is 54.7 Å². The number of hydrogen-bond acceptors (Lipinski definition) is 1. The Labute approximate surface area is 141 Å². The number of aryl methyl sites for hydroxylation is 1. The number of carbonyl (C=O) groups is 1. The number of Topliss-reactive ketones (excluding diaryl/α,β-unsaturated/α-hetero) is 1. The van der Waals surface area contributed by atoms with Gasteiger partial charge in [0.15, 0.2) is 5.78 Å². The topological polar surface area (TPSA) is 22.0 Å². The molecule has 1 aromatic heterocycles. The van der Waals surface area contributed by atoms with Gasteiger partial charge < -0.3 is 4.57 Å². The third kappa shape index (κ3) is 2.95. The summed E-state index contributed by atoms with van der Waals surface area (Å²) in [6, 6.07) is 15.9. The molecule has 0 aliphatic carbocycles. The second kappa shape index (κ2) is 6.05. The molecule has 2 aromatic carbocycles. The van der Waals surface area contributed by atoms with E-state index < -0.39 is 0 Å². The average Bonchev–Trinajstić information content (AvgIpc) is 2.86. The van der Waals surface area contributed by atoms with Crippen molar-refractivity contribution in [1.82, 2.24) is 4.57 Å². The van der Waals surface area contributed by atoms with E-state index in [0.717, 1.165) is 28.1 Å². The van der Waals surface area contributed by atoms with Crippen LogP contribution in [-0.2, 0) is 0 Å². The van der Waals surface area contributed by atoms with Crippen molar-refractivity contribution in [2.45, 2.75) is 20.8 Å². The second-order valence-corrected chi connectivity index (χ2v) is 6.21. The molecule has 2 nitrogen and oxygen atoms in total. The molecule has 23 heavy (non-hydrogen) atoms. The zero-order valence-electron chi connectivity index (χ0n) is 13.4. The average molecular weight is 324 g/mol. The van der Waals surface area contributed by atoms with E-state index in [0.29, 0.717) is 5.02 Å². The Bertz CT molecular complexity index is 858. The monoisotopic (exact) mass is 323 g/mol. The molecule has 0 fully saturated rings. The van der Waals surface area contributed by atoms with Crippen molar-refractivity contribution in [3.8, 4) is 16.8 Å². The highest BCUT2D eigenvalue weighted by Gasteiger charge is 2.18. The van der Waals surface area contributed by atoms with E-state index >= 15 is 0 Å². The van der Waals surface area contributed by atoms with Gasteiger partial charge in [-0.05, 0) is 50.6 Å². The predicted octanol–water partition coefficient (Wildman–Crippen LogP) is 5.62. The Morgan fingerprint density at radius 3 is 2.13 bits per heavy atom. The Balaban J connectivity index is 2.20. The lowest BCUT2D eigenvalue weighted by Crippen LogP contribution is -1.99. The maximum absolute atomic E-state index is 12.2. The van der Waals surface area contributed by atoms with E-state index in [-0.39, 0.29) is 5.78 Å². The van der Waals surface area contributed by atoms with E-state index in [1.807, 2.05) is 42.0 Å². The van der Waals surface area contributed by atoms with Crippen LogP contribution in [0.3, 0.4) is 0 Å². The summed E-state index contributed by atoms with van der Waals surface area (Å²) in [4.78, 5) is 12.2. The van der Waals surface area contributed by atoms with Gasteiger partial charge in [-0.15, -0.1) is 0 Å². The minimum Gasteiger partial charge on any atom is -0.320 e. The molecule has 0 aliphatic heterocycles. The number of benzene rings is 2. The van der Waals surface area contributed by atoms with Gasteiger partial charge in [0.05, 0.1) is 0 Å². The predicted molar refractivity (Wildman–Crippen MR) is 95.7 cm³/mol. The van der Waals surface area contributed by atoms with Gasteiger partial charge in [0.2, 0.25) is 0 Å². The van der Waals surface area contributed by atoms with Crippen LogP contribution in [0.1, 0.15) is 28.5 Å². The molecule has 0 radical (unpaired) electrons. The van der Waals surface area contributed by atoms with Crippen molar-refractivity contribution in [3.05, 3.63) is 76.6 Å². The van der Waals surface area contributed by atoms with E-state index in [4.69, 9.17) is 11.6 Å². The van der Waals surface area contributed by atoms with Crippen LogP contribution in [0.2, 0.25) is 5.02 Å². The van der Waals surface area contributed by atoms with Crippen LogP contribution in [0, 0.1) is 13.8 Å². The quantitative estimate of drug-likeness (QED) is 0.573. The molecule has 0 amide bonds. The van der Waals surface area contributed by atoms with Gasteiger partial charge in [0, 0.05) is 33.7 Å². The number of rotatable bonds is 3. The highest BCUT2D eigenvalue weighted by Crippen LogP contribution is 2.31. The first-order valence-corrected chi connectivity index (χ1v) is 7.91. The van der Waals surface area contributed by atoms with E-state index in [1.54, 1.807) is 6.92 Å². The molecule has 0 aliphatic rings. The van der Waals surface area contributed by atoms with Gasteiger partial charge in [0.25, 0.3) is 0 Å². The molecule has 0 saturated heterocycles. The van der Waals surface area contributed by atoms with Crippen molar-refractivity contribution >= 4 is 17.4 Å². The molecule has 0 N–H and O–H groups in total. The summed E-state index contributed by atoms with van der Waals surface area (Å²) in [6.07, 6.45) is 2.03. The molecular weight excluding hydrogens is 306 g/mol. The van der Waals surface area contributed by atoms with Crippen molar-refractivity contribution in [2.24, 2.45) is 0 Å². The summed E-state index contributed by atoms with van der Waals surface area (Å²) in [6.45, 7) is 5.65. The number of ketones is 1. The largest absolute Gasteiger partial charge is 0.320 e. The van der Waals surface area contributed by atoms with E-state index in [9.17, 15) is 4.79 Å². The van der Waals surface area contributed by atoms with E-state index in [2.05, 4.69) is 31.2 Å². The van der Waals surface area contributed by atoms with Gasteiger partial charge in [-0.2, -0.15) is 0 Å². The second-order valence-electron chi connectivity index (χ2n) is 5.77. The maximum atomic E-state index is 12.2. The maximum Gasteiger partial charge on any atom is 0.162 e. The van der Waals surface area contributed by atoms with Crippen molar-refractivity contribution < 1.29 is 4.79 Å². The number of halogens is 1. The summed E-state index contributed by atoms with van der Waals surface area (Å²) in [5.41, 5.74) is 5.92. The van der Waals surface area contributed by atoms with Crippen LogP contribution in [0.4, 0.5) is 0 Å². The van der Waals surface area contributed by atoms with Crippen molar-refractivity contribution in [1.29, 1.82) is 0 Å². The molecule has 1 heterocycles. The highest BCUT2D eigenvalue weighted by atomic mass is 35.5. The van der Waals surface area contributed by atoms with Gasteiger partial charge in [-0.25, -0.2) is 0 Å². The fourth-order valence-electron chi connectivity index (χ4n) is 2.87. The Morgan fingerprint density at radius 1 is 0.957 bits per heavy atom. The molecule has 3 rings (SSSR count). The number of hydrogen-bond donors (Lipinski definition) is 0. The minimum absolute atomic E-state index is 0.0748. The lowest BCUT2D eigenvalue weighted by Gasteiger charge is -2.06. The molecule has 0 spiro atoms. The molecular formula is C20H18ClNO. The van der Waals surface area contributed by atoms with Crippen molar-refractivity contribution in [3.63, 3.8) is 0 Å². The number of aromatic nitrogens is 1. The van der Waals surface area contributed by atoms with Gasteiger partial charge in [0.1, 0.15) is 0 Å². The fourth-order valence-corrected chi connectivity index (χ4v) is 3.00. The van der Waals surface area contributed by atoms with Gasteiger partial charge in [-0.3, -0.25) is 4.79 Å². The van der Waals surface area contributed by atoms with Crippen LogP contribution in [0.5, 0.6) is 0 Å². The zero-order chi connectivity index (χ0) is 16.6. The third-order valence-corrected chi connectivity index (χ3v) is 4.32. The molecule has 116 valence electrons. The summed E-state index contributed by atoms with van der Waals surface area (Å²) in [5, 5.41) is 0.698. The number of carbonyl (C=O) groups excluding carboxylic acids is 1. The van der Waals surface area contributed by atoms with Gasteiger partial charge >= 0.3 is 0 Å². The summed E-state index contributed by atoms with van der Waals surface area (Å²) in [5.74, 6) is 0.0748. The lowest BCUT2D eigenvalue weighted by atomic mass is 10.00. The molecule has 0 saturated carbocycles. The van der Waals surface area contributed by atoms with Crippen LogP contribution in [-0.4, -0.2) is 10.4 Å². The minimum atomic E-state index is 0.0748. The van der Waals surface area contributed by atoms with Crippen LogP contribution in [0.25, 0.3) is 16.8 Å². The molecule has 3 aromatic rings. The molecule has 0 unspecified atom stereocenters. The number of nitrogens with zero attached hydrogens (tertiary/aromatic N) is 1. The normalized spacial score (nSPS) is 10.8. The first-order chi connectivity index (χ1) is 11.0.